The molecule has 2 N–H and O–H groups in total. The number of pyridine rings is 1. The van der Waals surface area contributed by atoms with E-state index in [9.17, 15) is 4.79 Å². The van der Waals surface area contributed by atoms with Crippen molar-refractivity contribution in [3.63, 3.8) is 0 Å². The molecule has 1 aliphatic heterocycles. The molecule has 1 saturated heterocycles. The van der Waals surface area contributed by atoms with Crippen LogP contribution in [0.1, 0.15) is 60.5 Å². The number of benzene rings is 1. The number of carbonyl (C=O) groups excluding carboxylic acids is 1. The molecule has 1 atom stereocenters. The summed E-state index contributed by atoms with van der Waals surface area (Å²) < 4.78 is 5.29. The Bertz CT molecular complexity index is 979. The Hall–Kier alpha value is -2.89. The third-order valence-electron chi connectivity index (χ3n) is 5.20. The van der Waals surface area contributed by atoms with Crippen LogP contribution in [-0.4, -0.2) is 34.0 Å². The summed E-state index contributed by atoms with van der Waals surface area (Å²) in [6, 6.07) is 11.7. The summed E-state index contributed by atoms with van der Waals surface area (Å²) in [5, 5.41) is 5.00. The van der Waals surface area contributed by atoms with Crippen LogP contribution in [-0.2, 0) is 0 Å². The number of hydrogen-bond acceptors (Lipinski definition) is 5. The number of piperidine rings is 1. The first kappa shape index (κ1) is 17.5. The predicted molar refractivity (Wildman–Crippen MR) is 105 cm³/mol. The van der Waals surface area contributed by atoms with Crippen LogP contribution in [0.5, 0.6) is 0 Å². The molecule has 2 aromatic heterocycles. The van der Waals surface area contributed by atoms with E-state index in [-0.39, 0.29) is 17.7 Å². The Morgan fingerprint density at radius 3 is 2.89 bits per heavy atom. The topological polar surface area (TPSA) is 85.2 Å². The van der Waals surface area contributed by atoms with Crippen LogP contribution < -0.4 is 5.73 Å². The van der Waals surface area contributed by atoms with E-state index in [2.05, 4.69) is 5.16 Å². The van der Waals surface area contributed by atoms with Crippen LogP contribution >= 0.6 is 0 Å². The summed E-state index contributed by atoms with van der Waals surface area (Å²) in [6.07, 6.45) is 1.88. The van der Waals surface area contributed by atoms with Crippen molar-refractivity contribution in [2.24, 2.45) is 0 Å². The van der Waals surface area contributed by atoms with Crippen molar-refractivity contribution >= 4 is 22.5 Å². The van der Waals surface area contributed by atoms with Crippen molar-refractivity contribution < 1.29 is 9.32 Å². The van der Waals surface area contributed by atoms with Crippen molar-refractivity contribution in [2.75, 3.05) is 18.8 Å². The normalized spacial score (nSPS) is 17.6. The Kier molecular flexibility index (Phi) is 4.56. The number of likely N-dealkylation sites (tertiary alicyclic amines) is 1. The number of para-hydroxylation sites is 1. The Morgan fingerprint density at radius 2 is 2.11 bits per heavy atom. The van der Waals surface area contributed by atoms with E-state index in [1.54, 1.807) is 6.07 Å². The van der Waals surface area contributed by atoms with Crippen LogP contribution in [0.4, 0.5) is 5.69 Å². The highest BCUT2D eigenvalue weighted by Crippen LogP contribution is 2.32. The second kappa shape index (κ2) is 7.02. The lowest BCUT2D eigenvalue weighted by Crippen LogP contribution is -2.39. The van der Waals surface area contributed by atoms with Crippen LogP contribution in [0.3, 0.4) is 0 Å². The molecule has 27 heavy (non-hydrogen) atoms. The van der Waals surface area contributed by atoms with Crippen LogP contribution in [0.25, 0.3) is 10.9 Å². The fourth-order valence-corrected chi connectivity index (χ4v) is 3.68. The number of nitrogens with two attached hydrogens (primary N) is 1. The number of nitrogens with zero attached hydrogens (tertiary/aromatic N) is 3. The summed E-state index contributed by atoms with van der Waals surface area (Å²) in [7, 11) is 0. The minimum atomic E-state index is -0.0882. The lowest BCUT2D eigenvalue weighted by Gasteiger charge is -2.32. The molecule has 4 rings (SSSR count). The van der Waals surface area contributed by atoms with Crippen LogP contribution in [0, 0.1) is 0 Å². The number of amides is 1. The summed E-state index contributed by atoms with van der Waals surface area (Å²) in [4.78, 5) is 19.5. The van der Waals surface area contributed by atoms with Gasteiger partial charge in [-0.25, -0.2) is 0 Å². The summed E-state index contributed by atoms with van der Waals surface area (Å²) in [5.41, 5.74) is 9.18. The first-order chi connectivity index (χ1) is 13.0. The van der Waals surface area contributed by atoms with Gasteiger partial charge in [0.25, 0.3) is 5.91 Å². The average molecular weight is 364 g/mol. The second-order valence-electron chi connectivity index (χ2n) is 7.52. The van der Waals surface area contributed by atoms with Gasteiger partial charge in [0, 0.05) is 36.4 Å². The van der Waals surface area contributed by atoms with Gasteiger partial charge in [-0.3, -0.25) is 9.78 Å². The quantitative estimate of drug-likeness (QED) is 0.760. The summed E-state index contributed by atoms with van der Waals surface area (Å²) in [5.74, 6) is 0.973. The van der Waals surface area contributed by atoms with E-state index in [0.29, 0.717) is 24.5 Å². The number of carbonyl (C=O) groups is 1. The van der Waals surface area contributed by atoms with Gasteiger partial charge in [-0.15, -0.1) is 0 Å². The monoisotopic (exact) mass is 364 g/mol. The number of nitrogen functional groups attached to an aromatic ring is 1. The highest BCUT2D eigenvalue weighted by atomic mass is 16.5. The zero-order chi connectivity index (χ0) is 19.0. The van der Waals surface area contributed by atoms with Crippen molar-refractivity contribution in [1.82, 2.24) is 15.0 Å². The lowest BCUT2D eigenvalue weighted by atomic mass is 9.92. The number of rotatable bonds is 3. The van der Waals surface area contributed by atoms with E-state index in [4.69, 9.17) is 15.2 Å². The number of aromatic nitrogens is 2. The first-order valence-electron chi connectivity index (χ1n) is 9.44. The van der Waals surface area contributed by atoms with Gasteiger partial charge in [0.1, 0.15) is 5.76 Å². The highest BCUT2D eigenvalue weighted by Gasteiger charge is 2.29. The first-order valence-corrected chi connectivity index (χ1v) is 9.44. The van der Waals surface area contributed by atoms with Gasteiger partial charge in [-0.2, -0.15) is 0 Å². The van der Waals surface area contributed by atoms with Gasteiger partial charge >= 0.3 is 0 Å². The molecular formula is C21H24N4O2. The van der Waals surface area contributed by atoms with Crippen molar-refractivity contribution in [2.45, 2.75) is 38.5 Å². The molecule has 0 spiro atoms. The Labute approximate surface area is 158 Å². The fourth-order valence-electron chi connectivity index (χ4n) is 3.68. The molecule has 3 heterocycles. The van der Waals surface area contributed by atoms with Crippen LogP contribution in [0.2, 0.25) is 0 Å². The van der Waals surface area contributed by atoms with Crippen LogP contribution in [0.15, 0.2) is 40.9 Å². The molecule has 1 amide bonds. The molecule has 6 heteroatoms. The van der Waals surface area contributed by atoms with Crippen molar-refractivity contribution in [3.05, 3.63) is 53.5 Å². The van der Waals surface area contributed by atoms with Gasteiger partial charge in [-0.05, 0) is 25.0 Å². The fraction of sp³-hybridized carbons (Fsp3) is 0.381. The molecule has 0 bridgehead atoms. The van der Waals surface area contributed by atoms with E-state index in [0.717, 1.165) is 35.2 Å². The largest absolute Gasteiger partial charge is 0.397 e. The molecule has 1 fully saturated rings. The Morgan fingerprint density at radius 1 is 1.30 bits per heavy atom. The maximum atomic E-state index is 12.9. The van der Waals surface area contributed by atoms with E-state index in [1.807, 2.05) is 49.1 Å². The molecule has 1 aliphatic rings. The zero-order valence-corrected chi connectivity index (χ0v) is 15.7. The number of hydrogen-bond donors (Lipinski definition) is 1. The molecule has 0 unspecified atom stereocenters. The third-order valence-corrected chi connectivity index (χ3v) is 5.20. The van der Waals surface area contributed by atoms with E-state index in [1.165, 1.54) is 0 Å². The average Bonchev–Trinajstić information content (AvgIpc) is 3.17. The molecule has 0 saturated carbocycles. The smallest absolute Gasteiger partial charge is 0.276 e. The van der Waals surface area contributed by atoms with E-state index < -0.39 is 0 Å². The molecule has 0 aliphatic carbocycles. The van der Waals surface area contributed by atoms with Gasteiger partial charge in [-0.1, -0.05) is 37.2 Å². The predicted octanol–water partition coefficient (Wildman–Crippen LogP) is 3.95. The SMILES string of the molecule is CC(C)c1cc(C(=O)N2CCC[C@@H](c3nc4ccccc4cc3N)C2)no1. The van der Waals surface area contributed by atoms with Gasteiger partial charge < -0.3 is 15.2 Å². The maximum Gasteiger partial charge on any atom is 0.276 e. The van der Waals surface area contributed by atoms with Gasteiger partial charge in [0.2, 0.25) is 0 Å². The Balaban J connectivity index is 1.57. The molecule has 0 radical (unpaired) electrons. The van der Waals surface area contributed by atoms with Gasteiger partial charge in [0.15, 0.2) is 5.69 Å². The highest BCUT2D eigenvalue weighted by molar-refractivity contribution is 5.92. The third kappa shape index (κ3) is 3.39. The van der Waals surface area contributed by atoms with Gasteiger partial charge in [0.05, 0.1) is 16.9 Å². The standard InChI is InChI=1S/C21H24N4O2/c1-13(2)19-11-18(24-27-19)21(26)25-9-5-7-15(12-25)20-16(22)10-14-6-3-4-8-17(14)23-20/h3-4,6,8,10-11,13,15H,5,7,9,12,22H2,1-2H3/t15-/m1/s1. The molecule has 1 aromatic carbocycles. The maximum absolute atomic E-state index is 12.9. The summed E-state index contributed by atoms with van der Waals surface area (Å²) in [6.45, 7) is 5.34. The summed E-state index contributed by atoms with van der Waals surface area (Å²) >= 11 is 0. The molecular weight excluding hydrogens is 340 g/mol. The molecule has 140 valence electrons. The van der Waals surface area contributed by atoms with E-state index >= 15 is 0 Å². The van der Waals surface area contributed by atoms with Crippen molar-refractivity contribution in [3.8, 4) is 0 Å². The zero-order valence-electron chi connectivity index (χ0n) is 15.7. The minimum absolute atomic E-state index is 0.0882. The molecule has 6 nitrogen and oxygen atoms in total. The minimum Gasteiger partial charge on any atom is -0.397 e. The lowest BCUT2D eigenvalue weighted by molar-refractivity contribution is 0.0695. The molecule has 3 aromatic rings. The van der Waals surface area contributed by atoms with Crippen molar-refractivity contribution in [1.29, 1.82) is 0 Å². The number of anilines is 1. The number of fused-ring (bicyclic) bond motifs is 1. The second-order valence-corrected chi connectivity index (χ2v) is 7.52.